The summed E-state index contributed by atoms with van der Waals surface area (Å²) in [5.41, 5.74) is -0.414. The molecule has 0 saturated heterocycles. The van der Waals surface area contributed by atoms with Gasteiger partial charge in [-0.05, 0) is 49.8 Å². The fourth-order valence-electron chi connectivity index (χ4n) is 3.26. The van der Waals surface area contributed by atoms with Crippen LogP contribution in [0.25, 0.3) is 0 Å². The zero-order chi connectivity index (χ0) is 13.0. The summed E-state index contributed by atoms with van der Waals surface area (Å²) in [5.74, 6) is 2.90. The highest BCUT2D eigenvalue weighted by Crippen LogP contribution is 2.40. The SMILES string of the molecule is CCS[C@@H]1CC[C@]1(O)CNCC1CCC(C)CC1. The van der Waals surface area contributed by atoms with Crippen molar-refractivity contribution in [2.75, 3.05) is 18.8 Å². The first-order valence-electron chi connectivity index (χ1n) is 7.68. The lowest BCUT2D eigenvalue weighted by molar-refractivity contribution is -0.0240. The molecule has 2 atom stereocenters. The molecule has 0 unspecified atom stereocenters. The molecule has 2 nitrogen and oxygen atoms in total. The van der Waals surface area contributed by atoms with Gasteiger partial charge in [0.1, 0.15) is 0 Å². The Hall–Kier alpha value is 0.270. The zero-order valence-corrected chi connectivity index (χ0v) is 12.8. The summed E-state index contributed by atoms with van der Waals surface area (Å²) in [6.45, 7) is 6.46. The summed E-state index contributed by atoms with van der Waals surface area (Å²) >= 11 is 1.92. The molecule has 0 amide bonds. The molecule has 2 aliphatic rings. The van der Waals surface area contributed by atoms with Crippen molar-refractivity contribution < 1.29 is 5.11 Å². The van der Waals surface area contributed by atoms with Gasteiger partial charge in [-0.2, -0.15) is 11.8 Å². The van der Waals surface area contributed by atoms with E-state index in [2.05, 4.69) is 19.2 Å². The lowest BCUT2D eigenvalue weighted by Crippen LogP contribution is -2.56. The van der Waals surface area contributed by atoms with Gasteiger partial charge in [-0.15, -0.1) is 0 Å². The van der Waals surface area contributed by atoms with E-state index in [0.717, 1.165) is 37.1 Å². The van der Waals surface area contributed by atoms with Crippen LogP contribution in [0.2, 0.25) is 0 Å². The fourth-order valence-corrected chi connectivity index (χ4v) is 4.46. The van der Waals surface area contributed by atoms with E-state index in [-0.39, 0.29) is 0 Å². The number of rotatable bonds is 6. The van der Waals surface area contributed by atoms with Gasteiger partial charge in [0.25, 0.3) is 0 Å². The molecule has 0 spiro atoms. The molecular weight excluding hydrogens is 242 g/mol. The Morgan fingerprint density at radius 3 is 2.50 bits per heavy atom. The zero-order valence-electron chi connectivity index (χ0n) is 12.0. The third kappa shape index (κ3) is 3.64. The van der Waals surface area contributed by atoms with E-state index in [0.29, 0.717) is 5.25 Å². The Morgan fingerprint density at radius 1 is 1.22 bits per heavy atom. The van der Waals surface area contributed by atoms with Crippen LogP contribution in [-0.4, -0.2) is 34.8 Å². The van der Waals surface area contributed by atoms with E-state index in [1.54, 1.807) is 0 Å². The molecule has 0 heterocycles. The topological polar surface area (TPSA) is 32.3 Å². The van der Waals surface area contributed by atoms with Crippen LogP contribution in [0, 0.1) is 11.8 Å². The van der Waals surface area contributed by atoms with Crippen LogP contribution < -0.4 is 5.32 Å². The second kappa shape index (κ2) is 6.62. The summed E-state index contributed by atoms with van der Waals surface area (Å²) in [6.07, 6.45) is 7.71. The van der Waals surface area contributed by atoms with Crippen molar-refractivity contribution in [1.82, 2.24) is 5.32 Å². The maximum atomic E-state index is 10.5. The van der Waals surface area contributed by atoms with Gasteiger partial charge >= 0.3 is 0 Å². The molecule has 0 aromatic rings. The first-order chi connectivity index (χ1) is 8.64. The molecule has 2 rings (SSSR count). The largest absolute Gasteiger partial charge is 0.387 e. The Kier molecular flexibility index (Phi) is 5.40. The minimum Gasteiger partial charge on any atom is -0.387 e. The Balaban J connectivity index is 1.63. The van der Waals surface area contributed by atoms with Crippen LogP contribution in [0.5, 0.6) is 0 Å². The van der Waals surface area contributed by atoms with Crippen molar-refractivity contribution in [3.63, 3.8) is 0 Å². The lowest BCUT2D eigenvalue weighted by atomic mass is 9.79. The molecule has 2 aliphatic carbocycles. The number of nitrogens with one attached hydrogen (secondary N) is 1. The average Bonchev–Trinajstić information content (AvgIpc) is 2.37. The summed E-state index contributed by atoms with van der Waals surface area (Å²) in [6, 6.07) is 0. The van der Waals surface area contributed by atoms with E-state index in [1.807, 2.05) is 11.8 Å². The minimum atomic E-state index is -0.414. The van der Waals surface area contributed by atoms with Crippen LogP contribution in [0.3, 0.4) is 0 Å². The summed E-state index contributed by atoms with van der Waals surface area (Å²) in [5, 5.41) is 14.5. The van der Waals surface area contributed by atoms with Crippen LogP contribution in [0.4, 0.5) is 0 Å². The highest BCUT2D eigenvalue weighted by Gasteiger charge is 2.44. The standard InChI is InChI=1S/C15H29NOS/c1-3-18-14-8-9-15(14,17)11-16-10-13-6-4-12(2)5-7-13/h12-14,16-17H,3-11H2,1-2H3/t12?,13?,14-,15+/m1/s1. The maximum Gasteiger partial charge on any atom is 0.0889 e. The molecule has 0 aromatic heterocycles. The predicted octanol–water partition coefficient (Wildman–Crippen LogP) is 3.05. The first-order valence-corrected chi connectivity index (χ1v) is 8.73. The van der Waals surface area contributed by atoms with Gasteiger partial charge < -0.3 is 10.4 Å². The number of thioether (sulfide) groups is 1. The first kappa shape index (κ1) is 14.7. The monoisotopic (exact) mass is 271 g/mol. The molecule has 18 heavy (non-hydrogen) atoms. The third-order valence-corrected chi connectivity index (χ3v) is 6.22. The highest BCUT2D eigenvalue weighted by atomic mass is 32.2. The van der Waals surface area contributed by atoms with E-state index < -0.39 is 5.60 Å². The number of hydrogen-bond acceptors (Lipinski definition) is 3. The van der Waals surface area contributed by atoms with E-state index >= 15 is 0 Å². The van der Waals surface area contributed by atoms with Crippen molar-refractivity contribution in [3.8, 4) is 0 Å². The van der Waals surface area contributed by atoms with Crippen LogP contribution >= 0.6 is 11.8 Å². The number of hydrogen-bond donors (Lipinski definition) is 2. The van der Waals surface area contributed by atoms with Crippen LogP contribution in [0.15, 0.2) is 0 Å². The molecule has 2 saturated carbocycles. The smallest absolute Gasteiger partial charge is 0.0889 e. The van der Waals surface area contributed by atoms with Crippen molar-refractivity contribution in [1.29, 1.82) is 0 Å². The van der Waals surface area contributed by atoms with Gasteiger partial charge in [0.05, 0.1) is 5.60 Å². The Morgan fingerprint density at radius 2 is 1.94 bits per heavy atom. The van der Waals surface area contributed by atoms with Crippen molar-refractivity contribution in [3.05, 3.63) is 0 Å². The molecule has 2 fully saturated rings. The summed E-state index contributed by atoms with van der Waals surface area (Å²) in [4.78, 5) is 0. The molecule has 0 bridgehead atoms. The summed E-state index contributed by atoms with van der Waals surface area (Å²) in [7, 11) is 0. The number of aliphatic hydroxyl groups is 1. The van der Waals surface area contributed by atoms with Gasteiger partial charge in [0.2, 0.25) is 0 Å². The van der Waals surface area contributed by atoms with E-state index in [9.17, 15) is 5.11 Å². The lowest BCUT2D eigenvalue weighted by Gasteiger charge is -2.45. The van der Waals surface area contributed by atoms with Crippen molar-refractivity contribution in [2.45, 2.75) is 63.2 Å². The van der Waals surface area contributed by atoms with E-state index in [1.165, 1.54) is 32.1 Å². The van der Waals surface area contributed by atoms with Gasteiger partial charge in [-0.3, -0.25) is 0 Å². The van der Waals surface area contributed by atoms with Gasteiger partial charge in [-0.25, -0.2) is 0 Å². The van der Waals surface area contributed by atoms with Crippen LogP contribution in [-0.2, 0) is 0 Å². The van der Waals surface area contributed by atoms with Gasteiger partial charge in [-0.1, -0.05) is 26.7 Å². The van der Waals surface area contributed by atoms with Crippen molar-refractivity contribution in [2.24, 2.45) is 11.8 Å². The Labute approximate surface area is 116 Å². The summed E-state index contributed by atoms with van der Waals surface area (Å²) < 4.78 is 0. The van der Waals surface area contributed by atoms with Gasteiger partial charge in [0, 0.05) is 11.8 Å². The molecular formula is C15H29NOS. The average molecular weight is 271 g/mol. The normalized spacial score (nSPS) is 40.5. The quantitative estimate of drug-likeness (QED) is 0.779. The minimum absolute atomic E-state index is 0.414. The molecule has 3 heteroatoms. The van der Waals surface area contributed by atoms with Gasteiger partial charge in [0.15, 0.2) is 0 Å². The molecule has 0 aromatic carbocycles. The second-order valence-electron chi connectivity index (χ2n) is 6.34. The maximum absolute atomic E-state index is 10.5. The highest BCUT2D eigenvalue weighted by molar-refractivity contribution is 8.00. The Bertz CT molecular complexity index is 253. The predicted molar refractivity (Wildman–Crippen MR) is 80.1 cm³/mol. The van der Waals surface area contributed by atoms with Crippen molar-refractivity contribution >= 4 is 11.8 Å². The van der Waals surface area contributed by atoms with E-state index in [4.69, 9.17) is 0 Å². The fraction of sp³-hybridized carbons (Fsp3) is 1.00. The second-order valence-corrected chi connectivity index (χ2v) is 7.82. The third-order valence-electron chi connectivity index (χ3n) is 4.81. The molecule has 2 N–H and O–H groups in total. The van der Waals surface area contributed by atoms with Crippen LogP contribution in [0.1, 0.15) is 52.4 Å². The molecule has 106 valence electrons. The molecule has 0 aliphatic heterocycles. The molecule has 0 radical (unpaired) electrons.